The molecule has 0 saturated carbocycles. The Hall–Kier alpha value is -5.15. The van der Waals surface area contributed by atoms with E-state index in [0.717, 1.165) is 92.5 Å². The highest BCUT2D eigenvalue weighted by atomic mass is 35.5. The number of nitrogens with zero attached hydrogens (tertiary/aromatic N) is 5. The highest BCUT2D eigenvalue weighted by Crippen LogP contribution is 2.37. The number of ether oxygens (including phenoxy) is 1. The average Bonchev–Trinajstić information content (AvgIpc) is 3.22. The molecule has 16 heteroatoms. The van der Waals surface area contributed by atoms with Gasteiger partial charge < -0.3 is 30.1 Å². The van der Waals surface area contributed by atoms with Crippen LogP contribution >= 0.6 is 23.2 Å². The highest BCUT2D eigenvalue weighted by Gasteiger charge is 2.24. The van der Waals surface area contributed by atoms with Gasteiger partial charge in [-0.2, -0.15) is 0 Å². The van der Waals surface area contributed by atoms with Crippen LogP contribution in [-0.2, 0) is 11.2 Å². The van der Waals surface area contributed by atoms with Crippen molar-refractivity contribution >= 4 is 57.6 Å². The molecule has 3 aliphatic heterocycles. The van der Waals surface area contributed by atoms with Crippen molar-refractivity contribution in [2.75, 3.05) is 87.2 Å². The Labute approximate surface area is 346 Å². The SMILES string of the molecule is O=C(CCN1CCN(c2cccc(F)c2)CC1)c1cc(O)c(O)c([N+](=O)[O-])c1.O=C1CCc2cc(OCCCCN3CCN(c4cccc(Cl)c4Cl)CC3)ccc2N1. The number of phenols is 2. The first-order chi connectivity index (χ1) is 27.9. The second-order valence-electron chi connectivity index (χ2n) is 14.4. The number of benzene rings is 4. The minimum atomic E-state index is -0.852. The third-order valence-corrected chi connectivity index (χ3v) is 11.4. The summed E-state index contributed by atoms with van der Waals surface area (Å²) in [6.45, 7) is 9.03. The molecular weight excluding hydrogens is 790 g/mol. The first-order valence-electron chi connectivity index (χ1n) is 19.4. The van der Waals surface area contributed by atoms with Crippen molar-refractivity contribution in [3.05, 3.63) is 110 Å². The van der Waals surface area contributed by atoms with Gasteiger partial charge in [0.05, 0.1) is 27.3 Å². The van der Waals surface area contributed by atoms with Crippen molar-refractivity contribution < 1.29 is 33.9 Å². The second-order valence-corrected chi connectivity index (χ2v) is 15.2. The molecule has 308 valence electrons. The molecule has 2 saturated heterocycles. The Bertz CT molecular complexity index is 2090. The number of carbonyl (C=O) groups is 2. The summed E-state index contributed by atoms with van der Waals surface area (Å²) in [4.78, 5) is 42.8. The molecule has 4 aromatic carbocycles. The van der Waals surface area contributed by atoms with Crippen molar-refractivity contribution in [3.8, 4) is 17.2 Å². The van der Waals surface area contributed by atoms with E-state index in [1.54, 1.807) is 6.07 Å². The van der Waals surface area contributed by atoms with Crippen molar-refractivity contribution in [1.29, 1.82) is 0 Å². The molecule has 0 aromatic heterocycles. The van der Waals surface area contributed by atoms with E-state index in [9.17, 15) is 34.3 Å². The number of fused-ring (bicyclic) bond motifs is 1. The number of hydrogen-bond acceptors (Lipinski definition) is 11. The molecule has 0 atom stereocenters. The van der Waals surface area contributed by atoms with E-state index in [2.05, 4.69) is 31.0 Å². The van der Waals surface area contributed by atoms with Crippen LogP contribution in [0.4, 0.5) is 27.1 Å². The summed E-state index contributed by atoms with van der Waals surface area (Å²) in [5.74, 6) is -1.21. The lowest BCUT2D eigenvalue weighted by Crippen LogP contribution is -2.46. The number of hydrogen-bond donors (Lipinski definition) is 3. The Morgan fingerprint density at radius 2 is 1.55 bits per heavy atom. The number of phenolic OH excluding ortho intramolecular Hbond substituents is 2. The Morgan fingerprint density at radius 1 is 0.845 bits per heavy atom. The van der Waals surface area contributed by atoms with Crippen molar-refractivity contribution in [1.82, 2.24) is 9.80 Å². The zero-order valence-corrected chi connectivity index (χ0v) is 33.6. The van der Waals surface area contributed by atoms with Crippen LogP contribution in [0.1, 0.15) is 41.6 Å². The van der Waals surface area contributed by atoms with E-state index >= 15 is 0 Å². The monoisotopic (exact) mass is 836 g/mol. The number of nitro groups is 1. The Morgan fingerprint density at radius 3 is 2.28 bits per heavy atom. The lowest BCUT2D eigenvalue weighted by atomic mass is 10.0. The van der Waals surface area contributed by atoms with Gasteiger partial charge in [-0.1, -0.05) is 35.3 Å². The van der Waals surface area contributed by atoms with Gasteiger partial charge in [-0.25, -0.2) is 4.39 Å². The van der Waals surface area contributed by atoms with Gasteiger partial charge in [0.2, 0.25) is 11.7 Å². The van der Waals surface area contributed by atoms with Crippen LogP contribution in [0.5, 0.6) is 17.2 Å². The molecule has 0 spiro atoms. The van der Waals surface area contributed by atoms with E-state index < -0.39 is 22.1 Å². The Kier molecular flexibility index (Phi) is 14.6. The first-order valence-corrected chi connectivity index (χ1v) is 20.1. The molecule has 3 heterocycles. The predicted octanol–water partition coefficient (Wildman–Crippen LogP) is 7.40. The van der Waals surface area contributed by atoms with Crippen LogP contribution in [0.3, 0.4) is 0 Å². The van der Waals surface area contributed by atoms with Gasteiger partial charge in [0.15, 0.2) is 11.5 Å². The fourth-order valence-electron chi connectivity index (χ4n) is 7.24. The number of piperazine rings is 2. The number of Topliss-reactive ketones (excluding diaryl/α,β-unsaturated/α-hetero) is 1. The van der Waals surface area contributed by atoms with E-state index in [1.165, 1.54) is 12.1 Å². The third kappa shape index (κ3) is 11.3. The van der Waals surface area contributed by atoms with Gasteiger partial charge in [0, 0.05) is 94.7 Å². The normalized spacial score (nSPS) is 15.9. The van der Waals surface area contributed by atoms with Crippen LogP contribution in [0, 0.1) is 15.9 Å². The first kappa shape index (κ1) is 42.5. The summed E-state index contributed by atoms with van der Waals surface area (Å²) in [6, 6.07) is 20.2. The number of nitrogens with one attached hydrogen (secondary N) is 1. The maximum atomic E-state index is 13.4. The van der Waals surface area contributed by atoms with Gasteiger partial charge in [-0.15, -0.1) is 0 Å². The number of halogens is 3. The van der Waals surface area contributed by atoms with Crippen LogP contribution in [0.2, 0.25) is 10.0 Å². The maximum absolute atomic E-state index is 13.4. The predicted molar refractivity (Wildman–Crippen MR) is 224 cm³/mol. The van der Waals surface area contributed by atoms with Gasteiger partial charge >= 0.3 is 5.69 Å². The number of anilines is 3. The third-order valence-electron chi connectivity index (χ3n) is 10.5. The van der Waals surface area contributed by atoms with E-state index in [4.69, 9.17) is 27.9 Å². The topological polar surface area (TPSA) is 152 Å². The molecule has 4 aromatic rings. The van der Waals surface area contributed by atoms with Crippen LogP contribution in [0.15, 0.2) is 72.8 Å². The number of carbonyl (C=O) groups excluding carboxylic acids is 2. The quantitative estimate of drug-likeness (QED) is 0.0406. The Balaban J connectivity index is 0.000000196. The lowest BCUT2D eigenvalue weighted by Gasteiger charge is -2.36. The largest absolute Gasteiger partial charge is 0.504 e. The minimum Gasteiger partial charge on any atom is -0.504 e. The molecule has 13 nitrogen and oxygen atoms in total. The molecule has 0 aliphatic carbocycles. The second kappa shape index (κ2) is 20.0. The summed E-state index contributed by atoms with van der Waals surface area (Å²) in [6.07, 6.45) is 3.59. The molecule has 2 fully saturated rings. The minimum absolute atomic E-state index is 0.0135. The summed E-state index contributed by atoms with van der Waals surface area (Å²) < 4.78 is 19.3. The summed E-state index contributed by atoms with van der Waals surface area (Å²) in [5, 5.41) is 34.2. The number of ketones is 1. The molecule has 0 bridgehead atoms. The fraction of sp³-hybridized carbons (Fsp3) is 0.381. The molecule has 3 aliphatic rings. The number of nitro benzene ring substituents is 1. The van der Waals surface area contributed by atoms with E-state index in [-0.39, 0.29) is 29.5 Å². The van der Waals surface area contributed by atoms with Gasteiger partial charge in [0.25, 0.3) is 0 Å². The fourth-order valence-corrected chi connectivity index (χ4v) is 7.65. The number of amides is 1. The van der Waals surface area contributed by atoms with Crippen molar-refractivity contribution in [2.24, 2.45) is 0 Å². The summed E-state index contributed by atoms with van der Waals surface area (Å²) in [7, 11) is 0. The molecule has 58 heavy (non-hydrogen) atoms. The van der Waals surface area contributed by atoms with Gasteiger partial charge in [0.1, 0.15) is 11.6 Å². The maximum Gasteiger partial charge on any atom is 0.315 e. The van der Waals surface area contributed by atoms with Gasteiger partial charge in [-0.05, 0) is 86.0 Å². The number of aryl methyl sites for hydroxylation is 1. The average molecular weight is 838 g/mol. The lowest BCUT2D eigenvalue weighted by molar-refractivity contribution is -0.386. The zero-order chi connectivity index (χ0) is 41.2. The molecule has 0 unspecified atom stereocenters. The highest BCUT2D eigenvalue weighted by molar-refractivity contribution is 6.43. The summed E-state index contributed by atoms with van der Waals surface area (Å²) in [5.41, 5.74) is 3.21. The number of unbranched alkanes of at least 4 members (excludes halogenated alkanes) is 1. The van der Waals surface area contributed by atoms with E-state index in [0.29, 0.717) is 55.8 Å². The molecule has 1 amide bonds. The molecular formula is C42H47Cl2FN6O7. The molecule has 7 rings (SSSR count). The van der Waals surface area contributed by atoms with Crippen molar-refractivity contribution in [3.63, 3.8) is 0 Å². The van der Waals surface area contributed by atoms with E-state index in [1.807, 2.05) is 36.4 Å². The van der Waals surface area contributed by atoms with Crippen LogP contribution in [-0.4, -0.2) is 109 Å². The van der Waals surface area contributed by atoms with Gasteiger partial charge in [-0.3, -0.25) is 29.5 Å². The number of aromatic hydroxyl groups is 2. The number of rotatable bonds is 13. The standard InChI is InChI=1S/C23H27Cl2N3O2.C19H20FN3O5/c24-19-4-3-5-21(23(19)25)28-13-11-27(12-14-28)10-1-2-15-30-18-7-8-20-17(16-18)6-9-22(29)26-20;20-14-2-1-3-15(12-14)22-8-6-21(7-9-22)5-4-17(24)13-10-16(23(27)28)19(26)18(25)11-13/h3-5,7-8,16H,1-2,6,9-15H2,(H,26,29);1-3,10-12,25-26H,4-9H2. The zero-order valence-electron chi connectivity index (χ0n) is 32.0. The summed E-state index contributed by atoms with van der Waals surface area (Å²) >= 11 is 12.5. The van der Waals surface area contributed by atoms with Crippen LogP contribution in [0.25, 0.3) is 0 Å². The molecule has 0 radical (unpaired) electrons. The van der Waals surface area contributed by atoms with Crippen LogP contribution < -0.4 is 19.9 Å². The molecule has 3 N–H and O–H groups in total. The smallest absolute Gasteiger partial charge is 0.315 e. The van der Waals surface area contributed by atoms with Crippen molar-refractivity contribution in [2.45, 2.75) is 32.1 Å².